The molecule has 0 aliphatic carbocycles. The van der Waals surface area contributed by atoms with Crippen LogP contribution in [0.3, 0.4) is 0 Å². The van der Waals surface area contributed by atoms with Crippen LogP contribution in [0.25, 0.3) is 0 Å². The molecular weight excluding hydrogens is 266 g/mol. The van der Waals surface area contributed by atoms with Crippen molar-refractivity contribution in [2.75, 3.05) is 5.32 Å². The molecule has 0 aliphatic rings. The van der Waals surface area contributed by atoms with Crippen molar-refractivity contribution in [3.8, 4) is 11.5 Å². The van der Waals surface area contributed by atoms with Crippen LogP contribution in [0, 0.1) is 6.92 Å². The Balaban J connectivity index is 2.23. The van der Waals surface area contributed by atoms with E-state index < -0.39 is 0 Å². The molecular formula is C14H12ClNO3. The van der Waals surface area contributed by atoms with Gasteiger partial charge in [0.1, 0.15) is 11.5 Å². The highest BCUT2D eigenvalue weighted by Crippen LogP contribution is 2.25. The van der Waals surface area contributed by atoms with Crippen LogP contribution >= 0.6 is 11.6 Å². The second-order valence-electron chi connectivity index (χ2n) is 4.12. The van der Waals surface area contributed by atoms with Crippen LogP contribution in [0.2, 0.25) is 5.02 Å². The fraction of sp³-hybridized carbons (Fsp3) is 0.0714. The molecule has 0 bridgehead atoms. The van der Waals surface area contributed by atoms with E-state index in [9.17, 15) is 15.0 Å². The SMILES string of the molecule is Cc1cc(O)ccc1NC(=O)c1ccc(O)c(Cl)c1. The fourth-order valence-corrected chi connectivity index (χ4v) is 1.81. The number of carbonyl (C=O) groups excluding carboxylic acids is 1. The number of phenols is 2. The number of aryl methyl sites for hydroxylation is 1. The molecule has 0 spiro atoms. The maximum absolute atomic E-state index is 12.0. The van der Waals surface area contributed by atoms with Crippen LogP contribution < -0.4 is 5.32 Å². The summed E-state index contributed by atoms with van der Waals surface area (Å²) >= 11 is 5.75. The zero-order chi connectivity index (χ0) is 14.0. The number of rotatable bonds is 2. The lowest BCUT2D eigenvalue weighted by atomic mass is 10.1. The monoisotopic (exact) mass is 277 g/mol. The number of nitrogens with one attached hydrogen (secondary N) is 1. The second kappa shape index (κ2) is 5.20. The third-order valence-electron chi connectivity index (χ3n) is 2.67. The number of hydrogen-bond acceptors (Lipinski definition) is 3. The number of anilines is 1. The van der Waals surface area contributed by atoms with E-state index in [-0.39, 0.29) is 22.4 Å². The first-order chi connectivity index (χ1) is 8.97. The van der Waals surface area contributed by atoms with Gasteiger partial charge in [-0.1, -0.05) is 11.6 Å². The van der Waals surface area contributed by atoms with Crippen molar-refractivity contribution in [1.29, 1.82) is 0 Å². The minimum absolute atomic E-state index is 0.0703. The van der Waals surface area contributed by atoms with Crippen molar-refractivity contribution in [2.45, 2.75) is 6.92 Å². The Morgan fingerprint density at radius 2 is 1.89 bits per heavy atom. The Labute approximate surface area is 115 Å². The largest absolute Gasteiger partial charge is 0.508 e. The van der Waals surface area contributed by atoms with E-state index in [0.717, 1.165) is 5.56 Å². The average Bonchev–Trinajstić information content (AvgIpc) is 2.36. The summed E-state index contributed by atoms with van der Waals surface area (Å²) in [7, 11) is 0. The summed E-state index contributed by atoms with van der Waals surface area (Å²) in [5, 5.41) is 21.4. The van der Waals surface area contributed by atoms with Crippen LogP contribution in [-0.2, 0) is 0 Å². The summed E-state index contributed by atoms with van der Waals surface area (Å²) in [6, 6.07) is 8.89. The Hall–Kier alpha value is -2.20. The highest BCUT2D eigenvalue weighted by atomic mass is 35.5. The number of halogens is 1. The number of benzene rings is 2. The normalized spacial score (nSPS) is 10.2. The molecule has 0 saturated carbocycles. The number of hydrogen-bond donors (Lipinski definition) is 3. The van der Waals surface area contributed by atoms with Gasteiger partial charge < -0.3 is 15.5 Å². The minimum atomic E-state index is -0.337. The summed E-state index contributed by atoms with van der Waals surface area (Å²) in [6.45, 7) is 1.78. The van der Waals surface area contributed by atoms with E-state index in [4.69, 9.17) is 11.6 Å². The van der Waals surface area contributed by atoms with Crippen LogP contribution in [-0.4, -0.2) is 16.1 Å². The molecule has 0 fully saturated rings. The molecule has 2 rings (SSSR count). The van der Waals surface area contributed by atoms with E-state index in [0.29, 0.717) is 11.3 Å². The standard InChI is InChI=1S/C14H12ClNO3/c1-8-6-10(17)3-4-12(8)16-14(19)9-2-5-13(18)11(15)7-9/h2-7,17-18H,1H3,(H,16,19). The number of amides is 1. The zero-order valence-corrected chi connectivity index (χ0v) is 10.9. The first-order valence-electron chi connectivity index (χ1n) is 5.57. The molecule has 98 valence electrons. The zero-order valence-electron chi connectivity index (χ0n) is 10.1. The highest BCUT2D eigenvalue weighted by Gasteiger charge is 2.10. The maximum Gasteiger partial charge on any atom is 0.255 e. The minimum Gasteiger partial charge on any atom is -0.508 e. The van der Waals surface area contributed by atoms with Crippen LogP contribution in [0.15, 0.2) is 36.4 Å². The Morgan fingerprint density at radius 1 is 1.16 bits per heavy atom. The van der Waals surface area contributed by atoms with Gasteiger partial charge in [-0.3, -0.25) is 4.79 Å². The van der Waals surface area contributed by atoms with Gasteiger partial charge >= 0.3 is 0 Å². The van der Waals surface area contributed by atoms with Crippen molar-refractivity contribution in [3.63, 3.8) is 0 Å². The maximum atomic E-state index is 12.0. The lowest BCUT2D eigenvalue weighted by molar-refractivity contribution is 0.102. The van der Waals surface area contributed by atoms with Gasteiger partial charge in [0, 0.05) is 11.3 Å². The number of aromatic hydroxyl groups is 2. The van der Waals surface area contributed by atoms with Crippen LogP contribution in [0.1, 0.15) is 15.9 Å². The first-order valence-corrected chi connectivity index (χ1v) is 5.94. The Bertz CT molecular complexity index is 641. The molecule has 0 atom stereocenters. The first kappa shape index (κ1) is 13.2. The van der Waals surface area contributed by atoms with Gasteiger partial charge in [0.2, 0.25) is 0 Å². The molecule has 0 radical (unpaired) electrons. The second-order valence-corrected chi connectivity index (χ2v) is 4.53. The molecule has 0 saturated heterocycles. The van der Waals surface area contributed by atoms with Gasteiger partial charge in [0.05, 0.1) is 5.02 Å². The molecule has 0 aromatic heterocycles. The van der Waals surface area contributed by atoms with Crippen molar-refractivity contribution < 1.29 is 15.0 Å². The highest BCUT2D eigenvalue weighted by molar-refractivity contribution is 6.32. The summed E-state index contributed by atoms with van der Waals surface area (Å²) in [5.74, 6) is -0.266. The van der Waals surface area contributed by atoms with Gasteiger partial charge in [-0.15, -0.1) is 0 Å². The summed E-state index contributed by atoms with van der Waals surface area (Å²) < 4.78 is 0. The van der Waals surface area contributed by atoms with E-state index in [2.05, 4.69) is 5.32 Å². The number of carbonyl (C=O) groups is 1. The summed E-state index contributed by atoms with van der Waals surface area (Å²) in [6.07, 6.45) is 0. The van der Waals surface area contributed by atoms with Gasteiger partial charge in [-0.05, 0) is 48.9 Å². The van der Waals surface area contributed by atoms with Gasteiger partial charge in [-0.25, -0.2) is 0 Å². The third kappa shape index (κ3) is 2.98. The molecule has 0 aliphatic heterocycles. The van der Waals surface area contributed by atoms with Crippen molar-refractivity contribution in [3.05, 3.63) is 52.5 Å². The van der Waals surface area contributed by atoms with E-state index >= 15 is 0 Å². The smallest absolute Gasteiger partial charge is 0.255 e. The molecule has 19 heavy (non-hydrogen) atoms. The molecule has 5 heteroatoms. The topological polar surface area (TPSA) is 69.6 Å². The van der Waals surface area contributed by atoms with Gasteiger partial charge in [0.25, 0.3) is 5.91 Å². The van der Waals surface area contributed by atoms with Crippen molar-refractivity contribution in [1.82, 2.24) is 0 Å². The molecule has 4 nitrogen and oxygen atoms in total. The number of phenolic OH excluding ortho intramolecular Hbond substituents is 2. The lowest BCUT2D eigenvalue weighted by Crippen LogP contribution is -2.12. The fourth-order valence-electron chi connectivity index (χ4n) is 1.63. The molecule has 1 amide bonds. The predicted octanol–water partition coefficient (Wildman–Crippen LogP) is 3.31. The summed E-state index contributed by atoms with van der Waals surface area (Å²) in [4.78, 5) is 12.0. The van der Waals surface area contributed by atoms with Gasteiger partial charge in [-0.2, -0.15) is 0 Å². The van der Waals surface area contributed by atoms with Crippen LogP contribution in [0.5, 0.6) is 11.5 Å². The van der Waals surface area contributed by atoms with Crippen molar-refractivity contribution >= 4 is 23.2 Å². The lowest BCUT2D eigenvalue weighted by Gasteiger charge is -2.09. The Kier molecular flexibility index (Phi) is 3.62. The molecule has 0 heterocycles. The van der Waals surface area contributed by atoms with Crippen molar-refractivity contribution in [2.24, 2.45) is 0 Å². The van der Waals surface area contributed by atoms with Crippen LogP contribution in [0.4, 0.5) is 5.69 Å². The molecule has 2 aromatic carbocycles. The molecule has 2 aromatic rings. The molecule has 3 N–H and O–H groups in total. The summed E-state index contributed by atoms with van der Waals surface area (Å²) in [5.41, 5.74) is 1.69. The average molecular weight is 278 g/mol. The predicted molar refractivity (Wildman–Crippen MR) is 73.9 cm³/mol. The molecule has 0 unspecified atom stereocenters. The third-order valence-corrected chi connectivity index (χ3v) is 2.97. The quantitative estimate of drug-likeness (QED) is 0.738. The van der Waals surface area contributed by atoms with E-state index in [1.807, 2.05) is 0 Å². The van der Waals surface area contributed by atoms with E-state index in [1.165, 1.54) is 24.3 Å². The Morgan fingerprint density at radius 3 is 2.53 bits per heavy atom. The van der Waals surface area contributed by atoms with E-state index in [1.54, 1.807) is 19.1 Å². The van der Waals surface area contributed by atoms with Gasteiger partial charge in [0.15, 0.2) is 0 Å².